The van der Waals surface area contributed by atoms with Crippen molar-refractivity contribution in [1.82, 2.24) is 10.2 Å². The summed E-state index contributed by atoms with van der Waals surface area (Å²) in [5.74, 6) is 2.56. The summed E-state index contributed by atoms with van der Waals surface area (Å²) in [6, 6.07) is 8.41. The van der Waals surface area contributed by atoms with Gasteiger partial charge in [-0.3, -0.25) is 0 Å². The van der Waals surface area contributed by atoms with Crippen LogP contribution in [-0.4, -0.2) is 31.6 Å². The first-order chi connectivity index (χ1) is 7.72. The van der Waals surface area contributed by atoms with Crippen LogP contribution in [0.5, 0.6) is 0 Å². The standard InChI is InChI=1S/C13H17BrN2/c1-3-8-15-9-10-16(2)11-12-4-6-13(14)7-5-12/h1,4-7,15H,8-11H2,2H3. The lowest BCUT2D eigenvalue weighted by Crippen LogP contribution is -2.29. The molecule has 0 bridgehead atoms. The molecule has 2 nitrogen and oxygen atoms in total. The fourth-order valence-electron chi connectivity index (χ4n) is 1.41. The third-order valence-electron chi connectivity index (χ3n) is 2.26. The lowest BCUT2D eigenvalue weighted by Gasteiger charge is -2.16. The van der Waals surface area contributed by atoms with Gasteiger partial charge in [-0.05, 0) is 24.7 Å². The minimum Gasteiger partial charge on any atom is -0.305 e. The number of likely N-dealkylation sites (N-methyl/N-ethyl adjacent to an activating group) is 1. The van der Waals surface area contributed by atoms with Crippen molar-refractivity contribution in [3.8, 4) is 12.3 Å². The molecule has 1 N–H and O–H groups in total. The second-order valence-corrected chi connectivity index (χ2v) is 4.66. The molecule has 16 heavy (non-hydrogen) atoms. The van der Waals surface area contributed by atoms with Gasteiger partial charge >= 0.3 is 0 Å². The molecule has 0 fully saturated rings. The zero-order chi connectivity index (χ0) is 11.8. The maximum absolute atomic E-state index is 5.15. The predicted octanol–water partition coefficient (Wildman–Crippen LogP) is 2.10. The summed E-state index contributed by atoms with van der Waals surface area (Å²) >= 11 is 3.43. The van der Waals surface area contributed by atoms with Crippen molar-refractivity contribution in [2.45, 2.75) is 6.54 Å². The Balaban J connectivity index is 2.26. The molecule has 0 saturated carbocycles. The molecule has 0 aliphatic carbocycles. The number of halogens is 1. The SMILES string of the molecule is C#CCNCCN(C)Cc1ccc(Br)cc1. The topological polar surface area (TPSA) is 15.3 Å². The van der Waals surface area contributed by atoms with E-state index in [9.17, 15) is 0 Å². The van der Waals surface area contributed by atoms with Crippen LogP contribution in [0.2, 0.25) is 0 Å². The third-order valence-corrected chi connectivity index (χ3v) is 2.79. The molecule has 1 aromatic rings. The van der Waals surface area contributed by atoms with Crippen LogP contribution in [0.4, 0.5) is 0 Å². The first kappa shape index (κ1) is 13.2. The summed E-state index contributed by atoms with van der Waals surface area (Å²) in [5, 5.41) is 3.18. The van der Waals surface area contributed by atoms with E-state index in [1.807, 2.05) is 0 Å². The van der Waals surface area contributed by atoms with Crippen LogP contribution in [0, 0.1) is 12.3 Å². The molecule has 1 aromatic carbocycles. The van der Waals surface area contributed by atoms with E-state index in [4.69, 9.17) is 6.42 Å². The molecule has 0 unspecified atom stereocenters. The summed E-state index contributed by atoms with van der Waals surface area (Å²) in [6.07, 6.45) is 5.15. The highest BCUT2D eigenvalue weighted by atomic mass is 79.9. The maximum Gasteiger partial charge on any atom is 0.0574 e. The fraction of sp³-hybridized carbons (Fsp3) is 0.385. The Hall–Kier alpha value is -0.820. The molecule has 3 heteroatoms. The molecule has 0 aliphatic heterocycles. The zero-order valence-corrected chi connectivity index (χ0v) is 11.1. The lowest BCUT2D eigenvalue weighted by atomic mass is 10.2. The van der Waals surface area contributed by atoms with Crippen LogP contribution in [0.1, 0.15) is 5.56 Å². The Morgan fingerprint density at radius 3 is 2.69 bits per heavy atom. The molecule has 86 valence electrons. The van der Waals surface area contributed by atoms with Gasteiger partial charge in [-0.2, -0.15) is 0 Å². The van der Waals surface area contributed by atoms with Gasteiger partial charge in [0.15, 0.2) is 0 Å². The van der Waals surface area contributed by atoms with Crippen LogP contribution < -0.4 is 5.32 Å². The minimum atomic E-state index is 0.645. The van der Waals surface area contributed by atoms with Crippen molar-refractivity contribution in [3.05, 3.63) is 34.3 Å². The Kier molecular flexibility index (Phi) is 6.17. The number of hydrogen-bond acceptors (Lipinski definition) is 2. The molecule has 0 amide bonds. The van der Waals surface area contributed by atoms with Crippen LogP contribution in [0.3, 0.4) is 0 Å². The van der Waals surface area contributed by atoms with Gasteiger partial charge in [0, 0.05) is 24.1 Å². The van der Waals surface area contributed by atoms with Crippen LogP contribution >= 0.6 is 15.9 Å². The van der Waals surface area contributed by atoms with Gasteiger partial charge in [0.2, 0.25) is 0 Å². The molecule has 0 atom stereocenters. The second-order valence-electron chi connectivity index (χ2n) is 3.75. The van der Waals surface area contributed by atoms with E-state index in [1.165, 1.54) is 5.56 Å². The van der Waals surface area contributed by atoms with E-state index in [-0.39, 0.29) is 0 Å². The smallest absolute Gasteiger partial charge is 0.0574 e. The van der Waals surface area contributed by atoms with Crippen LogP contribution in [-0.2, 0) is 6.54 Å². The van der Waals surface area contributed by atoms with E-state index in [0.29, 0.717) is 6.54 Å². The average Bonchev–Trinajstić information content (AvgIpc) is 2.28. The van der Waals surface area contributed by atoms with Gasteiger partial charge in [0.25, 0.3) is 0 Å². The quantitative estimate of drug-likeness (QED) is 0.634. The van der Waals surface area contributed by atoms with Crippen LogP contribution in [0.15, 0.2) is 28.7 Å². The molecule has 0 aromatic heterocycles. The van der Waals surface area contributed by atoms with E-state index < -0.39 is 0 Å². The highest BCUT2D eigenvalue weighted by Crippen LogP contribution is 2.11. The molecule has 0 radical (unpaired) electrons. The predicted molar refractivity (Wildman–Crippen MR) is 72.2 cm³/mol. The van der Waals surface area contributed by atoms with Crippen molar-refractivity contribution in [2.75, 3.05) is 26.7 Å². The van der Waals surface area contributed by atoms with E-state index in [1.54, 1.807) is 0 Å². The Morgan fingerprint density at radius 2 is 2.06 bits per heavy atom. The molecule has 1 rings (SSSR count). The third kappa shape index (κ3) is 5.32. The van der Waals surface area contributed by atoms with Gasteiger partial charge in [0.1, 0.15) is 0 Å². The van der Waals surface area contributed by atoms with Gasteiger partial charge in [0.05, 0.1) is 6.54 Å². The van der Waals surface area contributed by atoms with Gasteiger partial charge in [-0.25, -0.2) is 0 Å². The Bertz CT molecular complexity index is 340. The summed E-state index contributed by atoms with van der Waals surface area (Å²) in [6.45, 7) is 3.53. The largest absolute Gasteiger partial charge is 0.305 e. The van der Waals surface area contributed by atoms with E-state index >= 15 is 0 Å². The minimum absolute atomic E-state index is 0.645. The average molecular weight is 281 g/mol. The van der Waals surface area contributed by atoms with Crippen molar-refractivity contribution in [2.24, 2.45) is 0 Å². The number of terminal acetylenes is 1. The summed E-state index contributed by atoms with van der Waals surface area (Å²) < 4.78 is 1.12. The first-order valence-electron chi connectivity index (χ1n) is 5.29. The van der Waals surface area contributed by atoms with Crippen molar-refractivity contribution >= 4 is 15.9 Å². The van der Waals surface area contributed by atoms with Crippen LogP contribution in [0.25, 0.3) is 0 Å². The monoisotopic (exact) mass is 280 g/mol. The van der Waals surface area contributed by atoms with Gasteiger partial charge in [-0.1, -0.05) is 34.0 Å². The molecular formula is C13H17BrN2. The van der Waals surface area contributed by atoms with E-state index in [0.717, 1.165) is 24.1 Å². The van der Waals surface area contributed by atoms with Gasteiger partial charge < -0.3 is 10.2 Å². The zero-order valence-electron chi connectivity index (χ0n) is 9.54. The summed E-state index contributed by atoms with van der Waals surface area (Å²) in [5.41, 5.74) is 1.32. The summed E-state index contributed by atoms with van der Waals surface area (Å²) in [4.78, 5) is 2.27. The first-order valence-corrected chi connectivity index (χ1v) is 6.09. The molecule has 0 heterocycles. The molecule has 0 spiro atoms. The summed E-state index contributed by atoms with van der Waals surface area (Å²) in [7, 11) is 2.11. The number of benzene rings is 1. The van der Waals surface area contributed by atoms with Gasteiger partial charge in [-0.15, -0.1) is 6.42 Å². The molecule has 0 aliphatic rings. The number of rotatable bonds is 6. The number of nitrogens with zero attached hydrogens (tertiary/aromatic N) is 1. The van der Waals surface area contributed by atoms with E-state index in [2.05, 4.69) is 63.4 Å². The number of nitrogens with one attached hydrogen (secondary N) is 1. The van der Waals surface area contributed by atoms with Crippen molar-refractivity contribution in [3.63, 3.8) is 0 Å². The maximum atomic E-state index is 5.15. The molecule has 0 saturated heterocycles. The second kappa shape index (κ2) is 7.45. The van der Waals surface area contributed by atoms with Crippen molar-refractivity contribution < 1.29 is 0 Å². The fourth-order valence-corrected chi connectivity index (χ4v) is 1.68. The highest BCUT2D eigenvalue weighted by molar-refractivity contribution is 9.10. The highest BCUT2D eigenvalue weighted by Gasteiger charge is 1.99. The van der Waals surface area contributed by atoms with Crippen molar-refractivity contribution in [1.29, 1.82) is 0 Å². The molecular weight excluding hydrogens is 264 g/mol. The Morgan fingerprint density at radius 1 is 1.38 bits per heavy atom. The number of hydrogen-bond donors (Lipinski definition) is 1. The lowest BCUT2D eigenvalue weighted by molar-refractivity contribution is 0.327. The Labute approximate surface area is 106 Å². The normalized spacial score (nSPS) is 10.4.